The molecule has 0 N–H and O–H groups in total. The summed E-state index contributed by atoms with van der Waals surface area (Å²) >= 11 is 0. The molecule has 0 atom stereocenters. The average Bonchev–Trinajstić information content (AvgIpc) is 2.72. The van der Waals surface area contributed by atoms with Crippen molar-refractivity contribution >= 4 is 11.7 Å². The van der Waals surface area contributed by atoms with E-state index in [1.165, 1.54) is 0 Å². The third-order valence-electron chi connectivity index (χ3n) is 4.86. The first-order chi connectivity index (χ1) is 13.1. The molecule has 142 valence electrons. The van der Waals surface area contributed by atoms with Gasteiger partial charge in [0.2, 0.25) is 5.91 Å². The molecule has 2 aromatic carbocycles. The maximum absolute atomic E-state index is 12.4. The Bertz CT molecular complexity index is 751. The molecule has 0 aromatic heterocycles. The van der Waals surface area contributed by atoms with Crippen molar-refractivity contribution in [3.8, 4) is 5.75 Å². The number of carbonyl (C=O) groups is 2. The maximum Gasteiger partial charge on any atom is 0.219 e. The Morgan fingerprint density at radius 1 is 0.889 bits per heavy atom. The Balaban J connectivity index is 1.39. The second-order valence-electron chi connectivity index (χ2n) is 6.77. The van der Waals surface area contributed by atoms with Crippen molar-refractivity contribution in [1.82, 2.24) is 9.80 Å². The summed E-state index contributed by atoms with van der Waals surface area (Å²) in [5, 5.41) is 0. The third kappa shape index (κ3) is 5.41. The fourth-order valence-electron chi connectivity index (χ4n) is 3.22. The van der Waals surface area contributed by atoms with Crippen LogP contribution in [0.15, 0.2) is 54.6 Å². The summed E-state index contributed by atoms with van der Waals surface area (Å²) in [4.78, 5) is 28.0. The average molecular weight is 366 g/mol. The van der Waals surface area contributed by atoms with E-state index in [0.717, 1.165) is 44.9 Å². The molecule has 0 unspecified atom stereocenters. The lowest BCUT2D eigenvalue weighted by molar-refractivity contribution is -0.130. The molecule has 0 saturated carbocycles. The molecule has 5 nitrogen and oxygen atoms in total. The van der Waals surface area contributed by atoms with Gasteiger partial charge in [-0.3, -0.25) is 14.5 Å². The van der Waals surface area contributed by atoms with E-state index in [4.69, 9.17) is 4.74 Å². The van der Waals surface area contributed by atoms with Crippen LogP contribution in [0.1, 0.15) is 29.3 Å². The monoisotopic (exact) mass is 366 g/mol. The van der Waals surface area contributed by atoms with Crippen LogP contribution in [0.25, 0.3) is 0 Å². The van der Waals surface area contributed by atoms with Crippen LogP contribution >= 0.6 is 0 Å². The van der Waals surface area contributed by atoms with E-state index in [2.05, 4.69) is 4.90 Å². The zero-order valence-corrected chi connectivity index (χ0v) is 15.8. The number of hydrogen-bond acceptors (Lipinski definition) is 4. The topological polar surface area (TPSA) is 49.9 Å². The van der Waals surface area contributed by atoms with E-state index in [1.54, 1.807) is 6.92 Å². The smallest absolute Gasteiger partial charge is 0.219 e. The second-order valence-corrected chi connectivity index (χ2v) is 6.77. The fraction of sp³-hybridized carbons (Fsp3) is 0.364. The second kappa shape index (κ2) is 9.33. The Hall–Kier alpha value is -2.66. The van der Waals surface area contributed by atoms with Crippen molar-refractivity contribution in [2.24, 2.45) is 0 Å². The maximum atomic E-state index is 12.4. The van der Waals surface area contributed by atoms with Gasteiger partial charge in [-0.1, -0.05) is 30.3 Å². The zero-order valence-electron chi connectivity index (χ0n) is 15.8. The van der Waals surface area contributed by atoms with Crippen LogP contribution in [0.5, 0.6) is 5.75 Å². The van der Waals surface area contributed by atoms with Gasteiger partial charge in [-0.2, -0.15) is 0 Å². The molecule has 3 rings (SSSR count). The molecule has 1 heterocycles. The Labute approximate surface area is 160 Å². The van der Waals surface area contributed by atoms with Gasteiger partial charge in [0, 0.05) is 50.8 Å². The van der Waals surface area contributed by atoms with Crippen LogP contribution in [-0.2, 0) is 4.79 Å². The third-order valence-corrected chi connectivity index (χ3v) is 4.86. The number of amides is 1. The van der Waals surface area contributed by atoms with Crippen molar-refractivity contribution in [3.05, 3.63) is 65.7 Å². The summed E-state index contributed by atoms with van der Waals surface area (Å²) in [5.74, 6) is 0.958. The Kier molecular flexibility index (Phi) is 6.60. The van der Waals surface area contributed by atoms with E-state index in [0.29, 0.717) is 17.7 Å². The van der Waals surface area contributed by atoms with Gasteiger partial charge in [-0.15, -0.1) is 0 Å². The molecule has 1 aliphatic rings. The van der Waals surface area contributed by atoms with Crippen LogP contribution < -0.4 is 4.74 Å². The highest BCUT2D eigenvalue weighted by Crippen LogP contribution is 2.16. The quantitative estimate of drug-likeness (QED) is 0.559. The fourth-order valence-corrected chi connectivity index (χ4v) is 3.22. The summed E-state index contributed by atoms with van der Waals surface area (Å²) < 4.78 is 5.79. The molecule has 5 heteroatoms. The molecule has 1 saturated heterocycles. The number of rotatable bonds is 7. The van der Waals surface area contributed by atoms with Gasteiger partial charge in [0.05, 0.1) is 6.61 Å². The SMILES string of the molecule is CC(=O)N1CCN(CCCOc2ccc(C(=O)c3ccccc3)cc2)CC1. The van der Waals surface area contributed by atoms with Crippen molar-refractivity contribution < 1.29 is 14.3 Å². The van der Waals surface area contributed by atoms with Gasteiger partial charge in [-0.25, -0.2) is 0 Å². The predicted molar refractivity (Wildman–Crippen MR) is 105 cm³/mol. The summed E-state index contributed by atoms with van der Waals surface area (Å²) in [6.45, 7) is 6.71. The van der Waals surface area contributed by atoms with Crippen LogP contribution in [0.4, 0.5) is 0 Å². The number of ether oxygens (including phenoxy) is 1. The number of nitrogens with zero attached hydrogens (tertiary/aromatic N) is 2. The van der Waals surface area contributed by atoms with Gasteiger partial charge in [0.15, 0.2) is 5.78 Å². The zero-order chi connectivity index (χ0) is 19.1. The molecule has 0 aliphatic carbocycles. The molecule has 0 bridgehead atoms. The van der Waals surface area contributed by atoms with Crippen molar-refractivity contribution in [2.75, 3.05) is 39.3 Å². The summed E-state index contributed by atoms with van der Waals surface area (Å²) in [6.07, 6.45) is 0.935. The molecule has 2 aromatic rings. The summed E-state index contributed by atoms with van der Waals surface area (Å²) in [5.41, 5.74) is 1.35. The number of ketones is 1. The molecular formula is C22H26N2O3. The number of carbonyl (C=O) groups excluding carboxylic acids is 2. The van der Waals surface area contributed by atoms with Crippen LogP contribution in [0.3, 0.4) is 0 Å². The lowest BCUT2D eigenvalue weighted by atomic mass is 10.0. The van der Waals surface area contributed by atoms with E-state index in [1.807, 2.05) is 59.5 Å². The first-order valence-corrected chi connectivity index (χ1v) is 9.44. The van der Waals surface area contributed by atoms with Gasteiger partial charge < -0.3 is 9.64 Å². The van der Waals surface area contributed by atoms with E-state index >= 15 is 0 Å². The van der Waals surface area contributed by atoms with E-state index in [-0.39, 0.29) is 11.7 Å². The van der Waals surface area contributed by atoms with Crippen molar-refractivity contribution in [3.63, 3.8) is 0 Å². The molecule has 1 fully saturated rings. The molecule has 0 spiro atoms. The van der Waals surface area contributed by atoms with Gasteiger partial charge in [-0.05, 0) is 30.7 Å². The highest BCUT2D eigenvalue weighted by Gasteiger charge is 2.17. The van der Waals surface area contributed by atoms with Crippen LogP contribution in [0, 0.1) is 0 Å². The van der Waals surface area contributed by atoms with E-state index < -0.39 is 0 Å². The summed E-state index contributed by atoms with van der Waals surface area (Å²) in [6, 6.07) is 16.6. The molecular weight excluding hydrogens is 340 g/mol. The van der Waals surface area contributed by atoms with Crippen LogP contribution in [0.2, 0.25) is 0 Å². The minimum Gasteiger partial charge on any atom is -0.494 e. The first-order valence-electron chi connectivity index (χ1n) is 9.44. The van der Waals surface area contributed by atoms with Gasteiger partial charge in [0.25, 0.3) is 0 Å². The largest absolute Gasteiger partial charge is 0.494 e. The van der Waals surface area contributed by atoms with Crippen molar-refractivity contribution in [1.29, 1.82) is 0 Å². The predicted octanol–water partition coefficient (Wildman–Crippen LogP) is 2.85. The number of benzene rings is 2. The lowest BCUT2D eigenvalue weighted by Gasteiger charge is -2.34. The highest BCUT2D eigenvalue weighted by atomic mass is 16.5. The number of hydrogen-bond donors (Lipinski definition) is 0. The molecule has 1 amide bonds. The number of piperazine rings is 1. The standard InChI is InChI=1S/C22H26N2O3/c1-18(25)24-15-13-23(14-16-24)12-5-17-27-21-10-8-20(9-11-21)22(26)19-6-3-2-4-7-19/h2-4,6-11H,5,12-17H2,1H3. The lowest BCUT2D eigenvalue weighted by Crippen LogP contribution is -2.48. The Morgan fingerprint density at radius 3 is 2.15 bits per heavy atom. The molecule has 0 radical (unpaired) electrons. The normalized spacial score (nSPS) is 14.8. The van der Waals surface area contributed by atoms with Gasteiger partial charge >= 0.3 is 0 Å². The van der Waals surface area contributed by atoms with Gasteiger partial charge in [0.1, 0.15) is 5.75 Å². The Morgan fingerprint density at radius 2 is 1.52 bits per heavy atom. The molecule has 1 aliphatic heterocycles. The van der Waals surface area contributed by atoms with Crippen molar-refractivity contribution in [2.45, 2.75) is 13.3 Å². The first kappa shape index (κ1) is 19.1. The molecule has 27 heavy (non-hydrogen) atoms. The van der Waals surface area contributed by atoms with E-state index in [9.17, 15) is 9.59 Å². The summed E-state index contributed by atoms with van der Waals surface area (Å²) in [7, 11) is 0. The van der Waals surface area contributed by atoms with Crippen LogP contribution in [-0.4, -0.2) is 60.8 Å². The highest BCUT2D eigenvalue weighted by molar-refractivity contribution is 6.08. The minimum atomic E-state index is 0.0202. The minimum absolute atomic E-state index is 0.0202.